The third-order valence-corrected chi connectivity index (χ3v) is 4.89. The van der Waals surface area contributed by atoms with Crippen molar-refractivity contribution in [3.8, 4) is 0 Å². The highest BCUT2D eigenvalue weighted by Gasteiger charge is 2.22. The number of likely N-dealkylation sites (tertiary alicyclic amines) is 1. The fourth-order valence-electron chi connectivity index (χ4n) is 2.81. The maximum Gasteiger partial charge on any atom is 0.259 e. The molecule has 1 fully saturated rings. The van der Waals surface area contributed by atoms with Crippen molar-refractivity contribution in [2.24, 2.45) is 0 Å². The van der Waals surface area contributed by atoms with Gasteiger partial charge in [-0.25, -0.2) is 4.98 Å². The number of carbonyl (C=O) groups is 1. The van der Waals surface area contributed by atoms with Gasteiger partial charge in [0.25, 0.3) is 5.56 Å². The minimum atomic E-state index is -1.22. The highest BCUT2D eigenvalue weighted by Crippen LogP contribution is 2.26. The molecule has 1 aliphatic rings. The lowest BCUT2D eigenvalue weighted by molar-refractivity contribution is -0.918. The molecule has 0 amide bonds. The maximum atomic E-state index is 12.0. The summed E-state index contributed by atoms with van der Waals surface area (Å²) in [6, 6.07) is 0. The summed E-state index contributed by atoms with van der Waals surface area (Å²) in [5, 5.41) is 11.7. The summed E-state index contributed by atoms with van der Waals surface area (Å²) in [7, 11) is 0. The van der Waals surface area contributed by atoms with Crippen LogP contribution < -0.4 is 15.6 Å². The van der Waals surface area contributed by atoms with Gasteiger partial charge in [0.1, 0.15) is 11.4 Å². The summed E-state index contributed by atoms with van der Waals surface area (Å²) in [4.78, 5) is 31.8. The Morgan fingerprint density at radius 2 is 2.15 bits per heavy atom. The van der Waals surface area contributed by atoms with Crippen molar-refractivity contribution in [3.05, 3.63) is 27.1 Å². The van der Waals surface area contributed by atoms with Crippen LogP contribution in [-0.2, 0) is 6.54 Å². The summed E-state index contributed by atoms with van der Waals surface area (Å²) >= 11 is 1.03. The normalized spacial score (nSPS) is 16.6. The van der Waals surface area contributed by atoms with Gasteiger partial charge in [0.05, 0.1) is 35.6 Å². The van der Waals surface area contributed by atoms with E-state index in [0.29, 0.717) is 22.3 Å². The molecule has 0 radical (unpaired) electrons. The first-order chi connectivity index (χ1) is 9.66. The Morgan fingerprint density at radius 1 is 1.40 bits per heavy atom. The van der Waals surface area contributed by atoms with Crippen LogP contribution in [0.1, 0.15) is 34.5 Å². The molecule has 3 heterocycles. The Hall–Kier alpha value is -1.73. The van der Waals surface area contributed by atoms with Crippen LogP contribution in [0.5, 0.6) is 0 Å². The number of hydrogen-bond donors (Lipinski definition) is 2. The molecular formula is C13H15N3O3S. The van der Waals surface area contributed by atoms with Gasteiger partial charge < -0.3 is 19.8 Å². The summed E-state index contributed by atoms with van der Waals surface area (Å²) in [6.07, 6.45) is 4.82. The van der Waals surface area contributed by atoms with Gasteiger partial charge in [-0.05, 0) is 19.3 Å². The van der Waals surface area contributed by atoms with Crippen LogP contribution in [-0.4, -0.2) is 29.0 Å². The summed E-state index contributed by atoms with van der Waals surface area (Å²) in [5.41, 5.74) is 0.307. The molecule has 6 nitrogen and oxygen atoms in total. The lowest BCUT2D eigenvalue weighted by atomic mass is 10.1. The Bertz CT molecular complexity index is 700. The number of piperidine rings is 1. The van der Waals surface area contributed by atoms with Crippen LogP contribution >= 0.6 is 11.3 Å². The molecule has 2 aromatic rings. The zero-order chi connectivity index (χ0) is 14.1. The van der Waals surface area contributed by atoms with E-state index in [1.807, 2.05) is 0 Å². The Kier molecular flexibility index (Phi) is 3.54. The van der Waals surface area contributed by atoms with Gasteiger partial charge in [0.15, 0.2) is 0 Å². The molecule has 106 valence electrons. The first kappa shape index (κ1) is 13.3. The van der Waals surface area contributed by atoms with Crippen molar-refractivity contribution in [2.75, 3.05) is 13.1 Å². The molecule has 0 aliphatic carbocycles. The molecule has 3 rings (SSSR count). The van der Waals surface area contributed by atoms with E-state index in [9.17, 15) is 14.7 Å². The number of hydrogen-bond acceptors (Lipinski definition) is 5. The average Bonchev–Trinajstić information content (AvgIpc) is 2.80. The van der Waals surface area contributed by atoms with Crippen LogP contribution in [0.2, 0.25) is 0 Å². The number of carboxylic acid groups (broad SMARTS) is 1. The van der Waals surface area contributed by atoms with E-state index in [1.54, 1.807) is 0 Å². The summed E-state index contributed by atoms with van der Waals surface area (Å²) in [6.45, 7) is 2.59. The Labute approximate surface area is 119 Å². The number of H-pyrrole nitrogens is 1. The molecule has 2 N–H and O–H groups in total. The van der Waals surface area contributed by atoms with E-state index >= 15 is 0 Å². The van der Waals surface area contributed by atoms with Crippen molar-refractivity contribution >= 4 is 27.5 Å². The standard InChI is InChI=1S/C13H15N3O3S/c17-11-9-8(6-16-4-2-1-3-5-16)10(13(18)19)20-12(9)15-7-14-11/h7H,1-6H2,(H,18,19)(H,14,15,17). The third kappa shape index (κ3) is 2.34. The first-order valence-electron chi connectivity index (χ1n) is 6.71. The number of thiophene rings is 1. The third-order valence-electron chi connectivity index (χ3n) is 3.77. The molecule has 0 saturated carbocycles. The topological polar surface area (TPSA) is 90.3 Å². The molecule has 0 aromatic carbocycles. The molecule has 0 spiro atoms. The Morgan fingerprint density at radius 3 is 2.85 bits per heavy atom. The lowest BCUT2D eigenvalue weighted by Crippen LogP contribution is -3.11. The van der Waals surface area contributed by atoms with Crippen molar-refractivity contribution in [1.82, 2.24) is 9.97 Å². The molecule has 1 aliphatic heterocycles. The van der Waals surface area contributed by atoms with E-state index in [2.05, 4.69) is 9.97 Å². The smallest absolute Gasteiger partial charge is 0.259 e. The lowest BCUT2D eigenvalue weighted by Gasteiger charge is -2.23. The minimum Gasteiger partial charge on any atom is -0.544 e. The van der Waals surface area contributed by atoms with Gasteiger partial charge in [-0.2, -0.15) is 0 Å². The number of aromatic amines is 1. The predicted molar refractivity (Wildman–Crippen MR) is 72.8 cm³/mol. The molecule has 0 bridgehead atoms. The fraction of sp³-hybridized carbons (Fsp3) is 0.462. The van der Waals surface area contributed by atoms with Gasteiger partial charge >= 0.3 is 0 Å². The minimum absolute atomic E-state index is 0.141. The average molecular weight is 293 g/mol. The highest BCUT2D eigenvalue weighted by atomic mass is 32.1. The number of aromatic nitrogens is 2. The van der Waals surface area contributed by atoms with Crippen LogP contribution in [0, 0.1) is 0 Å². The van der Waals surface area contributed by atoms with Crippen LogP contribution in [0.4, 0.5) is 0 Å². The van der Waals surface area contributed by atoms with E-state index in [1.165, 1.54) is 17.6 Å². The number of carboxylic acids is 1. The van der Waals surface area contributed by atoms with Crippen molar-refractivity contribution < 1.29 is 14.8 Å². The van der Waals surface area contributed by atoms with Gasteiger partial charge in [0, 0.05) is 5.56 Å². The van der Waals surface area contributed by atoms with E-state index in [0.717, 1.165) is 37.3 Å². The van der Waals surface area contributed by atoms with E-state index in [4.69, 9.17) is 0 Å². The Balaban J connectivity index is 2.08. The van der Waals surface area contributed by atoms with Crippen LogP contribution in [0.25, 0.3) is 10.2 Å². The SMILES string of the molecule is O=C([O-])c1sc2nc[nH]c(=O)c2c1C[NH+]1CCCCC1. The molecule has 7 heteroatoms. The van der Waals surface area contributed by atoms with Gasteiger partial charge in [0.2, 0.25) is 0 Å². The van der Waals surface area contributed by atoms with E-state index in [-0.39, 0.29) is 10.4 Å². The molecule has 2 aromatic heterocycles. The zero-order valence-electron chi connectivity index (χ0n) is 10.9. The summed E-state index contributed by atoms with van der Waals surface area (Å²) in [5.74, 6) is -1.22. The van der Waals surface area contributed by atoms with Crippen molar-refractivity contribution in [3.63, 3.8) is 0 Å². The zero-order valence-corrected chi connectivity index (χ0v) is 11.7. The van der Waals surface area contributed by atoms with Gasteiger partial charge in [-0.3, -0.25) is 4.79 Å². The van der Waals surface area contributed by atoms with E-state index < -0.39 is 5.97 Å². The highest BCUT2D eigenvalue weighted by molar-refractivity contribution is 7.20. The number of aromatic carboxylic acids is 1. The molecule has 0 unspecified atom stereocenters. The largest absolute Gasteiger partial charge is 0.544 e. The second-order valence-corrected chi connectivity index (χ2v) is 6.10. The quantitative estimate of drug-likeness (QED) is 0.753. The molecule has 1 saturated heterocycles. The number of nitrogens with zero attached hydrogens (tertiary/aromatic N) is 1. The van der Waals surface area contributed by atoms with Crippen molar-refractivity contribution in [2.45, 2.75) is 25.8 Å². The number of nitrogens with one attached hydrogen (secondary N) is 2. The molecule has 0 atom stereocenters. The number of rotatable bonds is 3. The second-order valence-electron chi connectivity index (χ2n) is 5.10. The fourth-order valence-corrected chi connectivity index (χ4v) is 3.81. The summed E-state index contributed by atoms with van der Waals surface area (Å²) < 4.78 is 0. The van der Waals surface area contributed by atoms with Crippen LogP contribution in [0.3, 0.4) is 0 Å². The molecular weight excluding hydrogens is 278 g/mol. The monoisotopic (exact) mass is 293 g/mol. The number of quaternary nitrogens is 1. The second kappa shape index (κ2) is 5.34. The number of fused-ring (bicyclic) bond motifs is 1. The molecule has 20 heavy (non-hydrogen) atoms. The maximum absolute atomic E-state index is 12.0. The van der Waals surface area contributed by atoms with Gasteiger partial charge in [-0.15, -0.1) is 11.3 Å². The number of carbonyl (C=O) groups excluding carboxylic acids is 1. The van der Waals surface area contributed by atoms with Gasteiger partial charge in [-0.1, -0.05) is 0 Å². The van der Waals surface area contributed by atoms with Crippen molar-refractivity contribution in [1.29, 1.82) is 0 Å². The van der Waals surface area contributed by atoms with Crippen LogP contribution in [0.15, 0.2) is 11.1 Å². The predicted octanol–water partition coefficient (Wildman–Crippen LogP) is -1.08. The first-order valence-corrected chi connectivity index (χ1v) is 7.52.